The number of ether oxygens (including phenoxy) is 1. The van der Waals surface area contributed by atoms with E-state index in [9.17, 15) is 4.39 Å². The topological polar surface area (TPSA) is 48.1 Å². The number of nitrogen functional groups attached to an aromatic ring is 1. The summed E-state index contributed by atoms with van der Waals surface area (Å²) in [4.78, 5) is 4.25. The van der Waals surface area contributed by atoms with E-state index in [0.29, 0.717) is 16.3 Å². The molecule has 0 aliphatic carbocycles. The summed E-state index contributed by atoms with van der Waals surface area (Å²) in [5.74, 6) is 0.126. The van der Waals surface area contributed by atoms with Gasteiger partial charge in [0.25, 0.3) is 0 Å². The second-order valence-corrected chi connectivity index (χ2v) is 5.17. The van der Waals surface area contributed by atoms with Crippen LogP contribution in [0.15, 0.2) is 42.6 Å². The van der Waals surface area contributed by atoms with E-state index in [4.69, 9.17) is 33.7 Å². The predicted octanol–water partition coefficient (Wildman–Crippen LogP) is 5.06. The van der Waals surface area contributed by atoms with E-state index in [0.717, 1.165) is 11.5 Å². The van der Waals surface area contributed by atoms with Crippen molar-refractivity contribution < 1.29 is 9.13 Å². The number of nitrogens with zero attached hydrogens (tertiary/aromatic N) is 1. The van der Waals surface area contributed by atoms with Gasteiger partial charge in [0, 0.05) is 23.7 Å². The van der Waals surface area contributed by atoms with Gasteiger partial charge in [-0.1, -0.05) is 23.2 Å². The Kier molecular flexibility index (Phi) is 3.57. The van der Waals surface area contributed by atoms with Gasteiger partial charge in [-0.25, -0.2) is 4.39 Å². The number of nitrogens with two attached hydrogens (primary N) is 1. The van der Waals surface area contributed by atoms with Crippen molar-refractivity contribution in [3.8, 4) is 11.5 Å². The molecule has 0 spiro atoms. The zero-order chi connectivity index (χ0) is 15.0. The van der Waals surface area contributed by atoms with E-state index in [1.807, 2.05) is 6.07 Å². The summed E-state index contributed by atoms with van der Waals surface area (Å²) in [6, 6.07) is 9.43. The van der Waals surface area contributed by atoms with Gasteiger partial charge < -0.3 is 10.5 Å². The number of hydrogen-bond acceptors (Lipinski definition) is 3. The number of benzene rings is 2. The van der Waals surface area contributed by atoms with Gasteiger partial charge in [0.15, 0.2) is 11.5 Å². The summed E-state index contributed by atoms with van der Waals surface area (Å²) < 4.78 is 19.0. The van der Waals surface area contributed by atoms with Crippen LogP contribution in [0.1, 0.15) is 0 Å². The number of anilines is 1. The highest BCUT2D eigenvalue weighted by atomic mass is 35.5. The molecule has 106 valence electrons. The third kappa shape index (κ3) is 2.60. The Bertz CT molecular complexity index is 839. The van der Waals surface area contributed by atoms with Crippen molar-refractivity contribution >= 4 is 39.8 Å². The molecule has 0 unspecified atom stereocenters. The fraction of sp³-hybridized carbons (Fsp3) is 0. The van der Waals surface area contributed by atoms with E-state index in [1.54, 1.807) is 24.4 Å². The first kappa shape index (κ1) is 13.9. The van der Waals surface area contributed by atoms with E-state index < -0.39 is 5.82 Å². The van der Waals surface area contributed by atoms with Crippen LogP contribution in [0.4, 0.5) is 10.1 Å². The molecular formula is C15H9Cl2FN2O. The first-order chi connectivity index (χ1) is 10.1. The fourth-order valence-corrected chi connectivity index (χ4v) is 2.31. The Labute approximate surface area is 130 Å². The maximum atomic E-state index is 13.3. The maximum Gasteiger partial charge on any atom is 0.153 e. The van der Waals surface area contributed by atoms with Crippen molar-refractivity contribution in [2.45, 2.75) is 0 Å². The van der Waals surface area contributed by atoms with Crippen molar-refractivity contribution in [2.75, 3.05) is 5.73 Å². The van der Waals surface area contributed by atoms with E-state index in [-0.39, 0.29) is 16.5 Å². The summed E-state index contributed by atoms with van der Waals surface area (Å²) in [5.41, 5.74) is 6.48. The van der Waals surface area contributed by atoms with Crippen LogP contribution in [0.2, 0.25) is 10.0 Å². The molecule has 0 saturated heterocycles. The number of hydrogen-bond donors (Lipinski definition) is 1. The Morgan fingerprint density at radius 2 is 1.86 bits per heavy atom. The highest BCUT2D eigenvalue weighted by Gasteiger charge is 2.12. The first-order valence-electron chi connectivity index (χ1n) is 6.02. The first-order valence-corrected chi connectivity index (χ1v) is 6.77. The van der Waals surface area contributed by atoms with Crippen molar-refractivity contribution in [1.29, 1.82) is 0 Å². The molecule has 0 radical (unpaired) electrons. The summed E-state index contributed by atoms with van der Waals surface area (Å²) in [6.45, 7) is 0. The van der Waals surface area contributed by atoms with Gasteiger partial charge in [0.2, 0.25) is 0 Å². The summed E-state index contributed by atoms with van der Waals surface area (Å²) in [5, 5.41) is 1.25. The lowest BCUT2D eigenvalue weighted by atomic mass is 10.2. The van der Waals surface area contributed by atoms with Gasteiger partial charge >= 0.3 is 0 Å². The highest BCUT2D eigenvalue weighted by molar-refractivity contribution is 6.35. The van der Waals surface area contributed by atoms with Crippen LogP contribution in [-0.2, 0) is 0 Å². The van der Waals surface area contributed by atoms with Gasteiger partial charge in [-0.15, -0.1) is 0 Å². The van der Waals surface area contributed by atoms with Crippen LogP contribution >= 0.6 is 23.2 Å². The standard InChI is InChI=1S/C15H9Cl2FN2O/c16-9-3-4-13(15-8(9)2-1-5-20-15)21-14-6-10(17)11(18)7-12(14)19/h1-7H,19H2. The minimum Gasteiger partial charge on any atom is -0.453 e. The predicted molar refractivity (Wildman–Crippen MR) is 82.6 cm³/mol. The molecule has 2 aromatic carbocycles. The monoisotopic (exact) mass is 322 g/mol. The maximum absolute atomic E-state index is 13.3. The minimum atomic E-state index is -0.597. The molecule has 0 amide bonds. The third-order valence-electron chi connectivity index (χ3n) is 2.95. The Morgan fingerprint density at radius 1 is 1.05 bits per heavy atom. The van der Waals surface area contributed by atoms with Gasteiger partial charge in [0.1, 0.15) is 11.3 Å². The van der Waals surface area contributed by atoms with E-state index >= 15 is 0 Å². The van der Waals surface area contributed by atoms with Crippen LogP contribution in [-0.4, -0.2) is 4.98 Å². The lowest BCUT2D eigenvalue weighted by Gasteiger charge is -2.11. The molecule has 3 rings (SSSR count). The van der Waals surface area contributed by atoms with Crippen molar-refractivity contribution in [1.82, 2.24) is 4.98 Å². The molecule has 1 heterocycles. The van der Waals surface area contributed by atoms with E-state index in [1.165, 1.54) is 6.07 Å². The van der Waals surface area contributed by atoms with Crippen LogP contribution in [0.5, 0.6) is 11.5 Å². The van der Waals surface area contributed by atoms with Crippen molar-refractivity contribution in [2.24, 2.45) is 0 Å². The summed E-state index contributed by atoms with van der Waals surface area (Å²) >= 11 is 11.9. The summed E-state index contributed by atoms with van der Waals surface area (Å²) in [7, 11) is 0. The average molecular weight is 323 g/mol. The average Bonchev–Trinajstić information content (AvgIpc) is 2.48. The van der Waals surface area contributed by atoms with Crippen LogP contribution in [0.3, 0.4) is 0 Å². The second-order valence-electron chi connectivity index (χ2n) is 4.35. The largest absolute Gasteiger partial charge is 0.453 e. The smallest absolute Gasteiger partial charge is 0.153 e. The lowest BCUT2D eigenvalue weighted by molar-refractivity contribution is 0.487. The molecular weight excluding hydrogens is 314 g/mol. The summed E-state index contributed by atoms with van der Waals surface area (Å²) in [6.07, 6.45) is 1.63. The molecule has 0 aliphatic rings. The molecule has 3 aromatic rings. The molecule has 0 saturated carbocycles. The fourth-order valence-electron chi connectivity index (χ4n) is 1.95. The van der Waals surface area contributed by atoms with Crippen molar-refractivity contribution in [3.63, 3.8) is 0 Å². The molecule has 0 aliphatic heterocycles. The molecule has 6 heteroatoms. The SMILES string of the molecule is Nc1cc(F)c(Cl)cc1Oc1ccc(Cl)c2cccnc12. The Balaban J connectivity index is 2.11. The molecule has 21 heavy (non-hydrogen) atoms. The number of halogens is 3. The minimum absolute atomic E-state index is 0.0644. The number of aromatic nitrogens is 1. The van der Waals surface area contributed by atoms with Gasteiger partial charge in [-0.2, -0.15) is 0 Å². The molecule has 3 nitrogen and oxygen atoms in total. The molecule has 0 bridgehead atoms. The van der Waals surface area contributed by atoms with Crippen LogP contribution < -0.4 is 10.5 Å². The number of rotatable bonds is 2. The van der Waals surface area contributed by atoms with Crippen LogP contribution in [0.25, 0.3) is 10.9 Å². The molecule has 0 atom stereocenters. The molecule has 2 N–H and O–H groups in total. The number of pyridine rings is 1. The molecule has 1 aromatic heterocycles. The highest BCUT2D eigenvalue weighted by Crippen LogP contribution is 2.36. The Morgan fingerprint density at radius 3 is 2.67 bits per heavy atom. The zero-order valence-corrected chi connectivity index (χ0v) is 12.1. The molecule has 0 fully saturated rings. The zero-order valence-electron chi connectivity index (χ0n) is 10.6. The van der Waals surface area contributed by atoms with Gasteiger partial charge in [0.05, 0.1) is 15.7 Å². The Hall–Kier alpha value is -2.04. The number of fused-ring (bicyclic) bond motifs is 1. The third-order valence-corrected chi connectivity index (χ3v) is 3.57. The lowest BCUT2D eigenvalue weighted by Crippen LogP contribution is -1.95. The quantitative estimate of drug-likeness (QED) is 0.671. The van der Waals surface area contributed by atoms with E-state index in [2.05, 4.69) is 4.98 Å². The normalized spacial score (nSPS) is 10.8. The second kappa shape index (κ2) is 5.39. The van der Waals surface area contributed by atoms with Crippen molar-refractivity contribution in [3.05, 3.63) is 58.5 Å². The van der Waals surface area contributed by atoms with Gasteiger partial charge in [-0.3, -0.25) is 4.98 Å². The van der Waals surface area contributed by atoms with Gasteiger partial charge in [-0.05, 0) is 24.3 Å². The van der Waals surface area contributed by atoms with Crippen LogP contribution in [0, 0.1) is 5.82 Å².